The number of aromatic nitrogens is 4. The number of hydrogen-bond acceptors (Lipinski definition) is 9. The van der Waals surface area contributed by atoms with E-state index in [1.807, 2.05) is 36.4 Å². The van der Waals surface area contributed by atoms with Gasteiger partial charge in [-0.2, -0.15) is 9.61 Å². The van der Waals surface area contributed by atoms with Crippen LogP contribution in [-0.4, -0.2) is 47.7 Å². The Morgan fingerprint density at radius 1 is 1.00 bits per heavy atom. The van der Waals surface area contributed by atoms with Gasteiger partial charge in [-0.15, -0.1) is 10.2 Å². The van der Waals surface area contributed by atoms with E-state index in [-0.39, 0.29) is 0 Å². The maximum absolute atomic E-state index is 6.06. The van der Waals surface area contributed by atoms with Gasteiger partial charge in [-0.05, 0) is 24.3 Å². The maximum atomic E-state index is 6.06. The monoisotopic (exact) mass is 426 g/mol. The van der Waals surface area contributed by atoms with Crippen LogP contribution in [0.15, 0.2) is 36.4 Å². The van der Waals surface area contributed by atoms with E-state index in [9.17, 15) is 0 Å². The molecule has 0 saturated heterocycles. The maximum Gasteiger partial charge on any atom is 0.235 e. The summed E-state index contributed by atoms with van der Waals surface area (Å²) in [6.45, 7) is 0.328. The van der Waals surface area contributed by atoms with Crippen LogP contribution in [0.1, 0.15) is 11.9 Å². The molecule has 0 N–H and O–H groups in total. The average molecular weight is 426 g/mol. The van der Waals surface area contributed by atoms with Crippen LogP contribution in [0.4, 0.5) is 0 Å². The van der Waals surface area contributed by atoms with Gasteiger partial charge in [0.25, 0.3) is 0 Å². The summed E-state index contributed by atoms with van der Waals surface area (Å²) in [5.41, 5.74) is 0.817. The third-order valence-electron chi connectivity index (χ3n) is 4.72. The molecule has 1 aliphatic heterocycles. The smallest absolute Gasteiger partial charge is 0.235 e. The number of benzene rings is 2. The largest absolute Gasteiger partial charge is 0.493 e. The molecule has 0 aliphatic carbocycles. The zero-order valence-electron chi connectivity index (χ0n) is 16.5. The summed E-state index contributed by atoms with van der Waals surface area (Å²) in [5, 5.41) is 14.0. The third-order valence-corrected chi connectivity index (χ3v) is 5.67. The van der Waals surface area contributed by atoms with Gasteiger partial charge < -0.3 is 23.7 Å². The van der Waals surface area contributed by atoms with Crippen molar-refractivity contribution in [3.63, 3.8) is 0 Å². The molecule has 2 aromatic heterocycles. The van der Waals surface area contributed by atoms with E-state index >= 15 is 0 Å². The lowest BCUT2D eigenvalue weighted by atomic mass is 10.2. The van der Waals surface area contributed by atoms with E-state index in [0.717, 1.165) is 10.6 Å². The second-order valence-corrected chi connectivity index (χ2v) is 7.39. The fraction of sp³-hybridized carbons (Fsp3) is 0.250. The Balaban J connectivity index is 1.53. The lowest BCUT2D eigenvalue weighted by molar-refractivity contribution is 0.0836. The van der Waals surface area contributed by atoms with Crippen molar-refractivity contribution in [2.75, 3.05) is 27.9 Å². The zero-order chi connectivity index (χ0) is 20.7. The first-order valence-electron chi connectivity index (χ1n) is 9.12. The van der Waals surface area contributed by atoms with Crippen molar-refractivity contribution in [3.05, 3.63) is 42.2 Å². The molecule has 5 rings (SSSR count). The highest BCUT2D eigenvalue weighted by Crippen LogP contribution is 2.42. The van der Waals surface area contributed by atoms with Crippen LogP contribution in [0.25, 0.3) is 15.5 Å². The Kier molecular flexibility index (Phi) is 4.55. The number of fused-ring (bicyclic) bond motifs is 2. The zero-order valence-corrected chi connectivity index (χ0v) is 17.3. The second-order valence-electron chi connectivity index (χ2n) is 6.44. The molecule has 0 saturated carbocycles. The van der Waals surface area contributed by atoms with Gasteiger partial charge in [0.05, 0.1) is 21.3 Å². The van der Waals surface area contributed by atoms with E-state index in [1.165, 1.54) is 11.3 Å². The Morgan fingerprint density at radius 2 is 1.73 bits per heavy atom. The normalized spacial score (nSPS) is 15.2. The molecule has 2 aromatic carbocycles. The first kappa shape index (κ1) is 18.5. The number of methoxy groups -OCH3 is 3. The molecular weight excluding hydrogens is 408 g/mol. The van der Waals surface area contributed by atoms with Gasteiger partial charge in [-0.3, -0.25) is 0 Å². The summed E-state index contributed by atoms with van der Waals surface area (Å²) < 4.78 is 29.9. The number of ether oxygens (including phenoxy) is 5. The van der Waals surface area contributed by atoms with Crippen molar-refractivity contribution in [1.82, 2.24) is 19.8 Å². The van der Waals surface area contributed by atoms with E-state index in [4.69, 9.17) is 28.8 Å². The summed E-state index contributed by atoms with van der Waals surface area (Å²) in [5.74, 6) is 3.60. The molecular formula is C20H18N4O5S. The summed E-state index contributed by atoms with van der Waals surface area (Å²) in [7, 11) is 4.73. The minimum absolute atomic E-state index is 0.328. The van der Waals surface area contributed by atoms with Crippen molar-refractivity contribution in [1.29, 1.82) is 0 Å². The minimum Gasteiger partial charge on any atom is -0.493 e. The van der Waals surface area contributed by atoms with Crippen LogP contribution in [-0.2, 0) is 0 Å². The topological polar surface area (TPSA) is 89.2 Å². The summed E-state index contributed by atoms with van der Waals surface area (Å²) in [6.07, 6.45) is -0.412. The second kappa shape index (κ2) is 7.38. The lowest BCUT2D eigenvalue weighted by Crippen LogP contribution is -2.23. The van der Waals surface area contributed by atoms with Gasteiger partial charge in [0.1, 0.15) is 11.6 Å². The van der Waals surface area contributed by atoms with Crippen LogP contribution in [0.2, 0.25) is 0 Å². The standard InChI is InChI=1S/C20H18N4O5S/c1-25-14-8-11(9-15(26-2)17(14)27-3)19-23-24-18(21-22-20(24)30-19)16-10-28-12-6-4-5-7-13(12)29-16/h4-9,16H,10H2,1-3H3. The fourth-order valence-corrected chi connectivity index (χ4v) is 4.13. The first-order valence-corrected chi connectivity index (χ1v) is 9.94. The van der Waals surface area contributed by atoms with Gasteiger partial charge in [-0.1, -0.05) is 23.5 Å². The summed E-state index contributed by atoms with van der Waals surface area (Å²) in [4.78, 5) is 0.649. The molecule has 4 aromatic rings. The highest BCUT2D eigenvalue weighted by atomic mass is 32.1. The summed E-state index contributed by atoms with van der Waals surface area (Å²) >= 11 is 1.40. The lowest BCUT2D eigenvalue weighted by Gasteiger charge is -2.24. The van der Waals surface area contributed by atoms with E-state index in [1.54, 1.807) is 25.8 Å². The molecule has 1 aliphatic rings. The van der Waals surface area contributed by atoms with E-state index in [2.05, 4.69) is 10.2 Å². The highest BCUT2D eigenvalue weighted by molar-refractivity contribution is 7.19. The van der Waals surface area contributed by atoms with E-state index in [0.29, 0.717) is 46.1 Å². The molecule has 3 heterocycles. The molecule has 1 unspecified atom stereocenters. The molecule has 30 heavy (non-hydrogen) atoms. The number of nitrogens with zero attached hydrogens (tertiary/aromatic N) is 4. The molecule has 1 atom stereocenters. The van der Waals surface area contributed by atoms with E-state index < -0.39 is 6.10 Å². The molecule has 0 fully saturated rings. The van der Waals surface area contributed by atoms with Crippen molar-refractivity contribution in [2.24, 2.45) is 0 Å². The van der Waals surface area contributed by atoms with Crippen LogP contribution >= 0.6 is 11.3 Å². The SMILES string of the molecule is COc1cc(-c2nn3c(C4COc5ccccc5O4)nnc3s2)cc(OC)c1OC. The number of rotatable bonds is 5. The quantitative estimate of drug-likeness (QED) is 0.480. The van der Waals surface area contributed by atoms with Crippen molar-refractivity contribution in [2.45, 2.75) is 6.10 Å². The minimum atomic E-state index is -0.412. The molecule has 0 amide bonds. The summed E-state index contributed by atoms with van der Waals surface area (Å²) in [6, 6.07) is 11.2. The predicted octanol–water partition coefficient (Wildman–Crippen LogP) is 3.39. The Bertz CT molecular complexity index is 1200. The molecule has 9 nitrogen and oxygen atoms in total. The molecule has 0 bridgehead atoms. The predicted molar refractivity (Wildman–Crippen MR) is 109 cm³/mol. The Morgan fingerprint density at radius 3 is 2.43 bits per heavy atom. The molecule has 154 valence electrons. The average Bonchev–Trinajstić information content (AvgIpc) is 3.38. The number of hydrogen-bond donors (Lipinski definition) is 0. The van der Waals surface area contributed by atoms with Gasteiger partial charge in [0, 0.05) is 5.56 Å². The van der Waals surface area contributed by atoms with Gasteiger partial charge in [0.2, 0.25) is 10.7 Å². The van der Waals surface area contributed by atoms with Crippen LogP contribution < -0.4 is 23.7 Å². The first-order chi connectivity index (χ1) is 14.7. The van der Waals surface area contributed by atoms with Crippen molar-refractivity contribution in [3.8, 4) is 39.3 Å². The highest BCUT2D eigenvalue weighted by Gasteiger charge is 2.28. The van der Waals surface area contributed by atoms with Gasteiger partial charge >= 0.3 is 0 Å². The molecule has 0 spiro atoms. The number of para-hydroxylation sites is 2. The van der Waals surface area contributed by atoms with Gasteiger partial charge in [0.15, 0.2) is 34.9 Å². The molecule has 0 radical (unpaired) electrons. The molecule has 10 heteroatoms. The van der Waals surface area contributed by atoms with Crippen molar-refractivity contribution >= 4 is 16.3 Å². The van der Waals surface area contributed by atoms with Crippen LogP contribution in [0, 0.1) is 0 Å². The van der Waals surface area contributed by atoms with Crippen LogP contribution in [0.3, 0.4) is 0 Å². The third kappa shape index (κ3) is 2.96. The van der Waals surface area contributed by atoms with Crippen LogP contribution in [0.5, 0.6) is 28.7 Å². The van der Waals surface area contributed by atoms with Crippen molar-refractivity contribution < 1.29 is 23.7 Å². The van der Waals surface area contributed by atoms with Gasteiger partial charge in [-0.25, -0.2) is 0 Å². The Labute approximate surface area is 175 Å². The Hall–Kier alpha value is -3.53. The fourth-order valence-electron chi connectivity index (χ4n) is 3.30.